The van der Waals surface area contributed by atoms with Crippen LogP contribution in [0.1, 0.15) is 32.8 Å². The molecule has 176 valence electrons. The summed E-state index contributed by atoms with van der Waals surface area (Å²) in [6.45, 7) is 11.5. The smallest absolute Gasteiger partial charge is 0.138 e. The number of benzene rings is 2. The van der Waals surface area contributed by atoms with Crippen LogP contribution >= 0.6 is 0 Å². The number of halogens is 1. The summed E-state index contributed by atoms with van der Waals surface area (Å²) in [6.07, 6.45) is 2.36. The van der Waals surface area contributed by atoms with Crippen molar-refractivity contribution >= 4 is 29.0 Å². The van der Waals surface area contributed by atoms with Gasteiger partial charge in [-0.05, 0) is 65.6 Å². The average molecular weight is 452 g/mol. The first-order valence-corrected chi connectivity index (χ1v) is 11.0. The maximum Gasteiger partial charge on any atom is 0.138 e. The summed E-state index contributed by atoms with van der Waals surface area (Å²) in [4.78, 5) is 6.31. The van der Waals surface area contributed by atoms with Crippen molar-refractivity contribution in [3.8, 4) is 11.8 Å². The number of nitrogens with one attached hydrogen (secondary N) is 2. The van der Waals surface area contributed by atoms with Gasteiger partial charge in [0.2, 0.25) is 0 Å². The lowest BCUT2D eigenvalue weighted by Crippen LogP contribution is -2.19. The van der Waals surface area contributed by atoms with Crippen molar-refractivity contribution in [2.75, 3.05) is 44.4 Å². The van der Waals surface area contributed by atoms with Crippen LogP contribution in [0, 0.1) is 22.6 Å². The number of nitriles is 1. The lowest BCUT2D eigenvalue weighted by molar-refractivity contribution is 0.260. The zero-order valence-electron chi connectivity index (χ0n) is 20.2. The number of anilines is 2. The first-order valence-electron chi connectivity index (χ1n) is 11.0. The first-order chi connectivity index (χ1) is 15.6. The van der Waals surface area contributed by atoms with Gasteiger partial charge in [-0.3, -0.25) is 4.99 Å². The molecule has 2 N–H and O–H groups in total. The van der Waals surface area contributed by atoms with E-state index in [-0.39, 0.29) is 5.41 Å². The minimum absolute atomic E-state index is 0.300. The van der Waals surface area contributed by atoms with Crippen LogP contribution in [0.25, 0.3) is 5.70 Å². The Morgan fingerprint density at radius 1 is 1.24 bits per heavy atom. The molecule has 0 spiro atoms. The third-order valence-corrected chi connectivity index (χ3v) is 4.98. The Labute approximate surface area is 196 Å². The number of hydrogen-bond acceptors (Lipinski definition) is 6. The van der Waals surface area contributed by atoms with Gasteiger partial charge in [0.05, 0.1) is 22.7 Å². The first kappa shape index (κ1) is 25.9. The van der Waals surface area contributed by atoms with Crippen molar-refractivity contribution in [3.63, 3.8) is 0 Å². The minimum Gasteiger partial charge on any atom is -0.492 e. The molecule has 2 aromatic carbocycles. The third-order valence-electron chi connectivity index (χ3n) is 4.98. The summed E-state index contributed by atoms with van der Waals surface area (Å²) in [7, 11) is 3.90. The maximum atomic E-state index is 15.0. The zero-order chi connectivity index (χ0) is 24.4. The summed E-state index contributed by atoms with van der Waals surface area (Å²) in [6, 6.07) is 13.0. The molecule has 0 aliphatic heterocycles. The van der Waals surface area contributed by atoms with Crippen LogP contribution in [0.15, 0.2) is 48.0 Å². The fourth-order valence-corrected chi connectivity index (χ4v) is 3.02. The molecule has 2 aromatic rings. The van der Waals surface area contributed by atoms with Gasteiger partial charge in [-0.25, -0.2) is 4.39 Å². The zero-order valence-corrected chi connectivity index (χ0v) is 20.2. The summed E-state index contributed by atoms with van der Waals surface area (Å²) in [5.41, 5.74) is 2.52. The van der Waals surface area contributed by atoms with Gasteiger partial charge in [-0.1, -0.05) is 6.58 Å². The Morgan fingerprint density at radius 2 is 1.91 bits per heavy atom. The minimum atomic E-state index is -0.450. The van der Waals surface area contributed by atoms with E-state index < -0.39 is 5.82 Å². The van der Waals surface area contributed by atoms with E-state index in [0.717, 1.165) is 24.3 Å². The van der Waals surface area contributed by atoms with Crippen molar-refractivity contribution < 1.29 is 9.13 Å². The predicted molar refractivity (Wildman–Crippen MR) is 136 cm³/mol. The molecule has 0 saturated carbocycles. The molecule has 33 heavy (non-hydrogen) atoms. The molecule has 0 radical (unpaired) electrons. The summed E-state index contributed by atoms with van der Waals surface area (Å²) in [5, 5.41) is 15.6. The van der Waals surface area contributed by atoms with Crippen molar-refractivity contribution in [1.82, 2.24) is 4.90 Å². The van der Waals surface area contributed by atoms with Crippen LogP contribution < -0.4 is 15.4 Å². The molecule has 0 aromatic heterocycles. The van der Waals surface area contributed by atoms with Gasteiger partial charge in [0.25, 0.3) is 0 Å². The molecule has 0 aliphatic rings. The summed E-state index contributed by atoms with van der Waals surface area (Å²) >= 11 is 0. The van der Waals surface area contributed by atoms with Gasteiger partial charge >= 0.3 is 0 Å². The monoisotopic (exact) mass is 451 g/mol. The van der Waals surface area contributed by atoms with Crippen LogP contribution in [0.2, 0.25) is 0 Å². The Morgan fingerprint density at radius 3 is 2.52 bits per heavy atom. The largest absolute Gasteiger partial charge is 0.492 e. The number of hydrogen-bond donors (Lipinski definition) is 2. The number of rotatable bonds is 12. The van der Waals surface area contributed by atoms with Gasteiger partial charge in [0.15, 0.2) is 0 Å². The van der Waals surface area contributed by atoms with Crippen molar-refractivity contribution in [1.29, 1.82) is 5.26 Å². The molecule has 2 rings (SSSR count). The van der Waals surface area contributed by atoms with E-state index in [0.29, 0.717) is 35.8 Å². The molecule has 6 nitrogen and oxygen atoms in total. The molecule has 0 heterocycles. The molecular weight excluding hydrogens is 417 g/mol. The normalized spacial score (nSPS) is 11.5. The SMILES string of the molecule is C=C(Nc1ccc(NCCC(C)(C)C#N)cc1)c1c(F)cc(OCCN(C)C)cc1N=CC. The molecule has 0 fully saturated rings. The lowest BCUT2D eigenvalue weighted by Gasteiger charge is -2.17. The van der Waals surface area contributed by atoms with Crippen molar-refractivity contribution in [2.45, 2.75) is 27.2 Å². The van der Waals surface area contributed by atoms with E-state index in [1.807, 2.05) is 57.1 Å². The van der Waals surface area contributed by atoms with Crippen LogP contribution in [-0.2, 0) is 0 Å². The van der Waals surface area contributed by atoms with Gasteiger partial charge in [-0.15, -0.1) is 0 Å². The molecule has 0 saturated heterocycles. The molecular formula is C26H34FN5O. The average Bonchev–Trinajstić information content (AvgIpc) is 2.74. The maximum absolute atomic E-state index is 15.0. The fraction of sp³-hybridized carbons (Fsp3) is 0.385. The highest BCUT2D eigenvalue weighted by Gasteiger charge is 2.16. The Hall–Kier alpha value is -3.37. The molecule has 7 heteroatoms. The second-order valence-electron chi connectivity index (χ2n) is 8.69. The Balaban J connectivity index is 2.08. The second kappa shape index (κ2) is 12.0. The molecule has 0 bridgehead atoms. The van der Waals surface area contributed by atoms with Gasteiger partial charge in [0, 0.05) is 48.5 Å². The predicted octanol–water partition coefficient (Wildman–Crippen LogP) is 5.92. The number of ether oxygens (including phenoxy) is 1. The van der Waals surface area contributed by atoms with E-state index >= 15 is 4.39 Å². The van der Waals surface area contributed by atoms with Gasteiger partial charge in [-0.2, -0.15) is 5.26 Å². The fourth-order valence-electron chi connectivity index (χ4n) is 3.02. The number of likely N-dealkylation sites (N-methyl/N-ethyl adjacent to an activating group) is 1. The summed E-state index contributed by atoms with van der Waals surface area (Å²) in [5.74, 6) is -0.0182. The van der Waals surface area contributed by atoms with Crippen LogP contribution in [0.4, 0.5) is 21.5 Å². The number of aliphatic imine (C=N–C) groups is 1. The quantitative estimate of drug-likeness (QED) is 0.392. The molecule has 0 amide bonds. The lowest BCUT2D eigenvalue weighted by atomic mass is 9.91. The molecule has 0 unspecified atom stereocenters. The Kier molecular flexibility index (Phi) is 9.43. The number of nitrogens with zero attached hydrogens (tertiary/aromatic N) is 3. The van der Waals surface area contributed by atoms with Crippen LogP contribution in [-0.4, -0.2) is 44.9 Å². The highest BCUT2D eigenvalue weighted by molar-refractivity contribution is 5.83. The highest BCUT2D eigenvalue weighted by atomic mass is 19.1. The van der Waals surface area contributed by atoms with Crippen molar-refractivity contribution in [3.05, 3.63) is 54.4 Å². The standard InChI is InChI=1S/C26H34FN5O/c1-7-29-24-17-22(33-15-14-32(5)6)16-23(27)25(24)19(2)31-21-10-8-20(9-11-21)30-13-12-26(3,4)18-28/h7-11,16-17,30-31H,2,12-15H2,1,3-6H3. The van der Waals surface area contributed by atoms with Crippen LogP contribution in [0.5, 0.6) is 5.75 Å². The van der Waals surface area contributed by atoms with E-state index in [1.165, 1.54) is 6.07 Å². The molecule has 0 aliphatic carbocycles. The van der Waals surface area contributed by atoms with Crippen molar-refractivity contribution in [2.24, 2.45) is 10.4 Å². The van der Waals surface area contributed by atoms with Crippen LogP contribution in [0.3, 0.4) is 0 Å². The van der Waals surface area contributed by atoms with Gasteiger partial charge < -0.3 is 20.3 Å². The highest BCUT2D eigenvalue weighted by Crippen LogP contribution is 2.33. The van der Waals surface area contributed by atoms with E-state index in [1.54, 1.807) is 19.2 Å². The second-order valence-corrected chi connectivity index (χ2v) is 8.69. The third kappa shape index (κ3) is 8.24. The van der Waals surface area contributed by atoms with E-state index in [2.05, 4.69) is 28.3 Å². The molecule has 0 atom stereocenters. The van der Waals surface area contributed by atoms with E-state index in [9.17, 15) is 0 Å². The topological polar surface area (TPSA) is 72.7 Å². The van der Waals surface area contributed by atoms with E-state index in [4.69, 9.17) is 10.00 Å². The summed E-state index contributed by atoms with van der Waals surface area (Å²) < 4.78 is 20.7. The van der Waals surface area contributed by atoms with Gasteiger partial charge in [0.1, 0.15) is 18.2 Å². The Bertz CT molecular complexity index is 1010.